The van der Waals surface area contributed by atoms with E-state index in [1.54, 1.807) is 6.07 Å². The first-order valence-corrected chi connectivity index (χ1v) is 6.77. The van der Waals surface area contributed by atoms with Gasteiger partial charge in [-0.15, -0.1) is 0 Å². The molecular weight excluding hydrogens is 210 g/mol. The molecule has 1 saturated carbocycles. The Morgan fingerprint density at radius 3 is 2.59 bits per heavy atom. The van der Waals surface area contributed by atoms with Crippen molar-refractivity contribution in [1.82, 2.24) is 5.32 Å². The zero-order valence-corrected chi connectivity index (χ0v) is 10.7. The van der Waals surface area contributed by atoms with Gasteiger partial charge in [-0.25, -0.2) is 0 Å². The van der Waals surface area contributed by atoms with E-state index in [0.29, 0.717) is 11.8 Å². The van der Waals surface area contributed by atoms with Gasteiger partial charge in [0.2, 0.25) is 0 Å². The summed E-state index contributed by atoms with van der Waals surface area (Å²) in [4.78, 5) is 0. The molecule has 2 nitrogen and oxygen atoms in total. The highest BCUT2D eigenvalue weighted by molar-refractivity contribution is 5.35. The number of aryl methyl sites for hydroxylation is 1. The highest BCUT2D eigenvalue weighted by Crippen LogP contribution is 2.20. The van der Waals surface area contributed by atoms with Gasteiger partial charge in [0.15, 0.2) is 0 Å². The second kappa shape index (κ2) is 6.06. The molecule has 2 heteroatoms. The molecule has 0 heterocycles. The molecular formula is C15H23NO. The molecule has 1 aliphatic rings. The fraction of sp³-hybridized carbons (Fsp3) is 0.600. The van der Waals surface area contributed by atoms with Crippen molar-refractivity contribution in [1.29, 1.82) is 0 Å². The average Bonchev–Trinajstić information content (AvgIpc) is 2.59. The first-order valence-electron chi connectivity index (χ1n) is 6.77. The molecule has 0 atom stereocenters. The molecule has 0 spiro atoms. The van der Waals surface area contributed by atoms with E-state index in [2.05, 4.69) is 18.3 Å². The zero-order valence-electron chi connectivity index (χ0n) is 10.7. The molecule has 0 amide bonds. The van der Waals surface area contributed by atoms with Gasteiger partial charge in [0.1, 0.15) is 5.75 Å². The number of hydrogen-bond acceptors (Lipinski definition) is 2. The van der Waals surface area contributed by atoms with Gasteiger partial charge in [0, 0.05) is 18.2 Å². The lowest BCUT2D eigenvalue weighted by Crippen LogP contribution is -2.27. The second-order valence-electron chi connectivity index (χ2n) is 5.20. The summed E-state index contributed by atoms with van der Waals surface area (Å²) in [5, 5.41) is 13.4. The Labute approximate surface area is 104 Å². The van der Waals surface area contributed by atoms with Gasteiger partial charge in [-0.1, -0.05) is 43.4 Å². The smallest absolute Gasteiger partial charge is 0.120 e. The molecule has 0 bridgehead atoms. The van der Waals surface area contributed by atoms with Crippen LogP contribution < -0.4 is 5.32 Å². The number of rotatable bonds is 3. The van der Waals surface area contributed by atoms with Crippen molar-refractivity contribution >= 4 is 0 Å². The van der Waals surface area contributed by atoms with Crippen LogP contribution in [0.5, 0.6) is 5.75 Å². The summed E-state index contributed by atoms with van der Waals surface area (Å²) < 4.78 is 0. The van der Waals surface area contributed by atoms with E-state index in [9.17, 15) is 5.11 Å². The van der Waals surface area contributed by atoms with E-state index in [-0.39, 0.29) is 0 Å². The van der Waals surface area contributed by atoms with Crippen LogP contribution in [0.4, 0.5) is 0 Å². The van der Waals surface area contributed by atoms with E-state index >= 15 is 0 Å². The average molecular weight is 233 g/mol. The van der Waals surface area contributed by atoms with Crippen LogP contribution in [0, 0.1) is 6.92 Å². The Morgan fingerprint density at radius 1 is 1.18 bits per heavy atom. The van der Waals surface area contributed by atoms with Crippen molar-refractivity contribution in [2.75, 3.05) is 0 Å². The molecule has 0 aromatic heterocycles. The molecule has 2 rings (SSSR count). The van der Waals surface area contributed by atoms with Crippen molar-refractivity contribution in [3.05, 3.63) is 29.3 Å². The van der Waals surface area contributed by atoms with Gasteiger partial charge in [0.05, 0.1) is 0 Å². The topological polar surface area (TPSA) is 32.3 Å². The zero-order chi connectivity index (χ0) is 12.1. The summed E-state index contributed by atoms with van der Waals surface area (Å²) in [6.07, 6.45) is 8.02. The summed E-state index contributed by atoms with van der Waals surface area (Å²) in [5.74, 6) is 0.414. The summed E-state index contributed by atoms with van der Waals surface area (Å²) in [6.45, 7) is 2.85. The molecule has 0 aliphatic heterocycles. The van der Waals surface area contributed by atoms with E-state index in [1.807, 2.05) is 6.07 Å². The maximum atomic E-state index is 9.78. The van der Waals surface area contributed by atoms with Crippen molar-refractivity contribution in [2.45, 2.75) is 58.0 Å². The number of hydrogen-bond donors (Lipinski definition) is 2. The Balaban J connectivity index is 1.89. The van der Waals surface area contributed by atoms with E-state index in [4.69, 9.17) is 0 Å². The maximum absolute atomic E-state index is 9.78. The van der Waals surface area contributed by atoms with Crippen molar-refractivity contribution < 1.29 is 5.11 Å². The van der Waals surface area contributed by atoms with Gasteiger partial charge in [-0.2, -0.15) is 0 Å². The van der Waals surface area contributed by atoms with Crippen LogP contribution in [0.25, 0.3) is 0 Å². The van der Waals surface area contributed by atoms with E-state index in [1.165, 1.54) is 44.1 Å². The van der Waals surface area contributed by atoms with Crippen LogP contribution in [-0.2, 0) is 6.54 Å². The van der Waals surface area contributed by atoms with Crippen LogP contribution >= 0.6 is 0 Å². The lowest BCUT2D eigenvalue weighted by molar-refractivity contribution is 0.437. The molecule has 94 valence electrons. The van der Waals surface area contributed by atoms with Gasteiger partial charge >= 0.3 is 0 Å². The standard InChI is InChI=1S/C15H23NO/c1-12-8-9-15(17)13(10-12)11-16-14-6-4-2-3-5-7-14/h8-10,14,16-17H,2-7,11H2,1H3. The lowest BCUT2D eigenvalue weighted by Gasteiger charge is -2.16. The molecule has 0 saturated heterocycles. The van der Waals surface area contributed by atoms with Gasteiger partial charge in [0.25, 0.3) is 0 Å². The minimum atomic E-state index is 0.414. The fourth-order valence-electron chi connectivity index (χ4n) is 2.59. The molecule has 2 N–H and O–H groups in total. The lowest BCUT2D eigenvalue weighted by atomic mass is 10.1. The highest BCUT2D eigenvalue weighted by atomic mass is 16.3. The van der Waals surface area contributed by atoms with Crippen molar-refractivity contribution in [2.24, 2.45) is 0 Å². The number of phenolic OH excluding ortho intramolecular Hbond substituents is 1. The Morgan fingerprint density at radius 2 is 1.88 bits per heavy atom. The number of phenols is 1. The maximum Gasteiger partial charge on any atom is 0.120 e. The van der Waals surface area contributed by atoms with Crippen LogP contribution in [0.2, 0.25) is 0 Å². The highest BCUT2D eigenvalue weighted by Gasteiger charge is 2.12. The molecule has 1 aromatic rings. The van der Waals surface area contributed by atoms with Crippen LogP contribution in [-0.4, -0.2) is 11.1 Å². The summed E-state index contributed by atoms with van der Waals surface area (Å²) >= 11 is 0. The first-order chi connectivity index (χ1) is 8.25. The molecule has 17 heavy (non-hydrogen) atoms. The van der Waals surface area contributed by atoms with Gasteiger partial charge < -0.3 is 10.4 Å². The second-order valence-corrected chi connectivity index (χ2v) is 5.20. The van der Waals surface area contributed by atoms with E-state index < -0.39 is 0 Å². The Bertz CT molecular complexity index is 354. The van der Waals surface area contributed by atoms with Gasteiger partial charge in [-0.05, 0) is 25.8 Å². The first kappa shape index (κ1) is 12.4. The third kappa shape index (κ3) is 3.74. The Hall–Kier alpha value is -1.02. The number of aromatic hydroxyl groups is 1. The minimum Gasteiger partial charge on any atom is -0.508 e. The monoisotopic (exact) mass is 233 g/mol. The van der Waals surface area contributed by atoms with E-state index in [0.717, 1.165) is 12.1 Å². The number of nitrogens with one attached hydrogen (secondary N) is 1. The Kier molecular flexibility index (Phi) is 4.43. The molecule has 1 aliphatic carbocycles. The van der Waals surface area contributed by atoms with Crippen LogP contribution in [0.15, 0.2) is 18.2 Å². The van der Waals surface area contributed by atoms with Crippen LogP contribution in [0.3, 0.4) is 0 Å². The number of benzene rings is 1. The van der Waals surface area contributed by atoms with Crippen molar-refractivity contribution in [3.8, 4) is 5.75 Å². The summed E-state index contributed by atoms with van der Waals surface area (Å²) in [6, 6.07) is 6.44. The van der Waals surface area contributed by atoms with Gasteiger partial charge in [-0.3, -0.25) is 0 Å². The third-order valence-corrected chi connectivity index (χ3v) is 3.67. The van der Waals surface area contributed by atoms with Crippen LogP contribution in [0.1, 0.15) is 49.7 Å². The fourth-order valence-corrected chi connectivity index (χ4v) is 2.59. The SMILES string of the molecule is Cc1ccc(O)c(CNC2CCCCCC2)c1. The minimum absolute atomic E-state index is 0.414. The molecule has 0 radical (unpaired) electrons. The van der Waals surface area contributed by atoms with Crippen molar-refractivity contribution in [3.63, 3.8) is 0 Å². The largest absolute Gasteiger partial charge is 0.508 e. The molecule has 1 fully saturated rings. The molecule has 0 unspecified atom stereocenters. The molecule has 1 aromatic carbocycles. The quantitative estimate of drug-likeness (QED) is 0.783. The summed E-state index contributed by atoms with van der Waals surface area (Å²) in [7, 11) is 0. The predicted octanol–water partition coefficient (Wildman–Crippen LogP) is 3.51. The third-order valence-electron chi connectivity index (χ3n) is 3.67. The normalized spacial score (nSPS) is 17.9. The predicted molar refractivity (Wildman–Crippen MR) is 71.2 cm³/mol. The summed E-state index contributed by atoms with van der Waals surface area (Å²) in [5.41, 5.74) is 2.23.